The zero-order valence-corrected chi connectivity index (χ0v) is 17.8. The van der Waals surface area contributed by atoms with Crippen LogP contribution in [0, 0.1) is 6.92 Å². The summed E-state index contributed by atoms with van der Waals surface area (Å²) in [5, 5.41) is 9.42. The van der Waals surface area contributed by atoms with E-state index >= 15 is 0 Å². The molecule has 0 radical (unpaired) electrons. The fourth-order valence-corrected chi connectivity index (χ4v) is 2.77. The summed E-state index contributed by atoms with van der Waals surface area (Å²) in [4.78, 5) is 24.1. The van der Waals surface area contributed by atoms with Crippen molar-refractivity contribution in [1.82, 2.24) is 5.43 Å². The Morgan fingerprint density at radius 3 is 2.44 bits per heavy atom. The first-order chi connectivity index (χ1) is 15.5. The van der Waals surface area contributed by atoms with Crippen molar-refractivity contribution in [2.75, 3.05) is 24.4 Å². The molecule has 0 spiro atoms. The average Bonchev–Trinajstić information content (AvgIpc) is 2.80. The van der Waals surface area contributed by atoms with Gasteiger partial charge in [0.15, 0.2) is 18.1 Å². The second-order valence-corrected chi connectivity index (χ2v) is 6.75. The maximum Gasteiger partial charge on any atom is 0.339 e. The van der Waals surface area contributed by atoms with Gasteiger partial charge in [-0.2, -0.15) is 5.10 Å². The average molecular weight is 432 g/mol. The highest BCUT2D eigenvalue weighted by molar-refractivity contribution is 5.92. The predicted octanol–water partition coefficient (Wildman–Crippen LogP) is 4.18. The number of carbonyl (C=O) groups is 2. The number of hydrazone groups is 1. The molecule has 3 rings (SSSR count). The monoisotopic (exact) mass is 432 g/mol. The Hall–Kier alpha value is -4.33. The number of ether oxygens (including phenoxy) is 2. The Balaban J connectivity index is 1.53. The molecule has 0 heterocycles. The van der Waals surface area contributed by atoms with Crippen LogP contribution in [0.1, 0.15) is 11.1 Å². The number of hydrogen-bond acceptors (Lipinski definition) is 5. The number of amides is 3. The summed E-state index contributed by atoms with van der Waals surface area (Å²) in [5.74, 6) is 0.566. The van der Waals surface area contributed by atoms with Crippen LogP contribution in [0.25, 0.3) is 0 Å². The van der Waals surface area contributed by atoms with Crippen LogP contribution in [0.5, 0.6) is 11.5 Å². The molecule has 0 aromatic heterocycles. The number of hydrogen-bond donors (Lipinski definition) is 3. The van der Waals surface area contributed by atoms with E-state index in [9.17, 15) is 9.59 Å². The molecule has 0 aliphatic carbocycles. The number of carbonyl (C=O) groups excluding carboxylic acids is 2. The Kier molecular flexibility index (Phi) is 7.80. The topological polar surface area (TPSA) is 101 Å². The van der Waals surface area contributed by atoms with Crippen molar-refractivity contribution in [2.24, 2.45) is 5.10 Å². The summed E-state index contributed by atoms with van der Waals surface area (Å²) < 4.78 is 10.9. The molecule has 0 atom stereocenters. The van der Waals surface area contributed by atoms with Crippen LogP contribution in [0.4, 0.5) is 16.2 Å². The van der Waals surface area contributed by atoms with Crippen molar-refractivity contribution in [3.05, 3.63) is 83.9 Å². The van der Waals surface area contributed by atoms with Crippen molar-refractivity contribution < 1.29 is 19.1 Å². The van der Waals surface area contributed by atoms with Gasteiger partial charge in [-0.15, -0.1) is 0 Å². The van der Waals surface area contributed by atoms with E-state index in [2.05, 4.69) is 21.2 Å². The lowest BCUT2D eigenvalue weighted by Gasteiger charge is -2.11. The highest BCUT2D eigenvalue weighted by Gasteiger charge is 2.09. The van der Waals surface area contributed by atoms with Gasteiger partial charge < -0.3 is 20.1 Å². The normalized spacial score (nSPS) is 10.4. The lowest BCUT2D eigenvalue weighted by atomic mass is 10.2. The Bertz CT molecular complexity index is 1100. The highest BCUT2D eigenvalue weighted by Crippen LogP contribution is 2.27. The van der Waals surface area contributed by atoms with Gasteiger partial charge in [-0.25, -0.2) is 10.2 Å². The number of nitrogens with zero attached hydrogens (tertiary/aromatic N) is 1. The zero-order valence-electron chi connectivity index (χ0n) is 17.8. The van der Waals surface area contributed by atoms with Crippen molar-refractivity contribution in [1.29, 1.82) is 0 Å². The fraction of sp³-hybridized carbons (Fsp3) is 0.125. The Morgan fingerprint density at radius 1 is 0.938 bits per heavy atom. The van der Waals surface area contributed by atoms with Crippen LogP contribution in [-0.4, -0.2) is 31.9 Å². The first-order valence-corrected chi connectivity index (χ1v) is 9.86. The number of urea groups is 1. The van der Waals surface area contributed by atoms with Crippen molar-refractivity contribution in [2.45, 2.75) is 6.92 Å². The SMILES string of the molecule is COc1cc(C=NNC(=O)Nc2ccccc2C)ccc1OCC(=O)Nc1ccccc1. The second kappa shape index (κ2) is 11.2. The maximum absolute atomic E-state index is 12.1. The maximum atomic E-state index is 12.1. The minimum absolute atomic E-state index is 0.167. The molecular weight excluding hydrogens is 408 g/mol. The number of rotatable bonds is 8. The summed E-state index contributed by atoms with van der Waals surface area (Å²) in [6.45, 7) is 1.74. The zero-order chi connectivity index (χ0) is 22.8. The molecule has 3 aromatic rings. The van der Waals surface area contributed by atoms with Crippen LogP contribution < -0.4 is 25.5 Å². The van der Waals surface area contributed by atoms with Gasteiger partial charge in [0.25, 0.3) is 5.91 Å². The quantitative estimate of drug-likeness (QED) is 0.367. The molecule has 0 saturated heterocycles. The number of benzene rings is 3. The van der Waals surface area contributed by atoms with E-state index in [4.69, 9.17) is 9.47 Å². The molecule has 32 heavy (non-hydrogen) atoms. The van der Waals surface area contributed by atoms with Gasteiger partial charge >= 0.3 is 6.03 Å². The molecule has 0 bridgehead atoms. The summed E-state index contributed by atoms with van der Waals surface area (Å²) in [6.07, 6.45) is 1.48. The minimum atomic E-state index is -0.452. The fourth-order valence-electron chi connectivity index (χ4n) is 2.77. The Morgan fingerprint density at radius 2 is 1.69 bits per heavy atom. The van der Waals surface area contributed by atoms with Crippen molar-refractivity contribution in [3.63, 3.8) is 0 Å². The van der Waals surface area contributed by atoms with E-state index in [1.54, 1.807) is 30.3 Å². The summed E-state index contributed by atoms with van der Waals surface area (Å²) >= 11 is 0. The van der Waals surface area contributed by atoms with Gasteiger partial charge in [0.1, 0.15) is 0 Å². The summed E-state index contributed by atoms with van der Waals surface area (Å²) in [5.41, 5.74) is 5.45. The smallest absolute Gasteiger partial charge is 0.339 e. The molecule has 3 aromatic carbocycles. The molecular formula is C24H24N4O4. The Labute approximate surface area is 186 Å². The van der Waals surface area contributed by atoms with Crippen LogP contribution in [0.3, 0.4) is 0 Å². The third-order valence-corrected chi connectivity index (χ3v) is 4.38. The highest BCUT2D eigenvalue weighted by atomic mass is 16.5. The number of aryl methyl sites for hydroxylation is 1. The number of anilines is 2. The van der Waals surface area contributed by atoms with E-state index in [0.29, 0.717) is 28.4 Å². The van der Waals surface area contributed by atoms with Gasteiger partial charge in [0, 0.05) is 11.4 Å². The van der Waals surface area contributed by atoms with Crippen LogP contribution in [0.15, 0.2) is 77.9 Å². The van der Waals surface area contributed by atoms with Gasteiger partial charge in [-0.05, 0) is 54.4 Å². The third kappa shape index (κ3) is 6.60. The van der Waals surface area contributed by atoms with Crippen LogP contribution in [0.2, 0.25) is 0 Å². The third-order valence-electron chi connectivity index (χ3n) is 4.38. The first kappa shape index (κ1) is 22.4. The largest absolute Gasteiger partial charge is 0.493 e. The van der Waals surface area contributed by atoms with Gasteiger partial charge in [-0.3, -0.25) is 4.79 Å². The molecule has 0 aliphatic heterocycles. The summed E-state index contributed by atoms with van der Waals surface area (Å²) in [7, 11) is 1.50. The standard InChI is InChI=1S/C24H24N4O4/c1-17-8-6-7-11-20(17)27-24(30)28-25-15-18-12-13-21(22(14-18)31-2)32-16-23(29)26-19-9-4-3-5-10-19/h3-15H,16H2,1-2H3,(H,26,29)(H2,27,28,30). The predicted molar refractivity (Wildman–Crippen MR) is 124 cm³/mol. The molecule has 0 fully saturated rings. The van der Waals surface area contributed by atoms with Crippen molar-refractivity contribution >= 4 is 29.5 Å². The van der Waals surface area contributed by atoms with E-state index in [-0.39, 0.29) is 12.5 Å². The van der Waals surface area contributed by atoms with Gasteiger partial charge in [0.2, 0.25) is 0 Å². The van der Waals surface area contributed by atoms with E-state index in [1.165, 1.54) is 13.3 Å². The molecule has 3 N–H and O–H groups in total. The van der Waals surface area contributed by atoms with Crippen LogP contribution in [-0.2, 0) is 4.79 Å². The molecule has 0 saturated carbocycles. The molecule has 8 nitrogen and oxygen atoms in total. The van der Waals surface area contributed by atoms with E-state index in [1.807, 2.05) is 49.4 Å². The molecule has 164 valence electrons. The number of methoxy groups -OCH3 is 1. The molecule has 8 heteroatoms. The molecule has 3 amide bonds. The van der Waals surface area contributed by atoms with E-state index < -0.39 is 6.03 Å². The number of nitrogens with one attached hydrogen (secondary N) is 3. The lowest BCUT2D eigenvalue weighted by molar-refractivity contribution is -0.118. The lowest BCUT2D eigenvalue weighted by Crippen LogP contribution is -2.24. The first-order valence-electron chi connectivity index (χ1n) is 9.86. The van der Waals surface area contributed by atoms with Gasteiger partial charge in [-0.1, -0.05) is 36.4 Å². The molecule has 0 unspecified atom stereocenters. The van der Waals surface area contributed by atoms with E-state index in [0.717, 1.165) is 5.56 Å². The molecule has 0 aliphatic rings. The minimum Gasteiger partial charge on any atom is -0.493 e. The second-order valence-electron chi connectivity index (χ2n) is 6.75. The number of para-hydroxylation sites is 2. The van der Waals surface area contributed by atoms with Gasteiger partial charge in [0.05, 0.1) is 13.3 Å². The van der Waals surface area contributed by atoms with Crippen LogP contribution >= 0.6 is 0 Å². The summed E-state index contributed by atoms with van der Waals surface area (Å²) in [6, 6.07) is 21.2. The van der Waals surface area contributed by atoms with Crippen molar-refractivity contribution in [3.8, 4) is 11.5 Å².